The number of hydrogen-bond acceptors (Lipinski definition) is 5. The molecule has 1 aliphatic heterocycles. The van der Waals surface area contributed by atoms with Gasteiger partial charge in [-0.05, 0) is 24.1 Å². The number of morpholine rings is 1. The van der Waals surface area contributed by atoms with Gasteiger partial charge in [0.05, 0.1) is 40.1 Å². The highest BCUT2D eigenvalue weighted by atomic mass is 16.5. The van der Waals surface area contributed by atoms with Gasteiger partial charge in [0, 0.05) is 13.0 Å². The van der Waals surface area contributed by atoms with Gasteiger partial charge < -0.3 is 24.2 Å². The minimum absolute atomic E-state index is 0.0390. The first-order chi connectivity index (χ1) is 10.7. The summed E-state index contributed by atoms with van der Waals surface area (Å²) >= 11 is 0. The van der Waals surface area contributed by atoms with Crippen molar-refractivity contribution >= 4 is 5.91 Å². The van der Waals surface area contributed by atoms with Gasteiger partial charge in [0.25, 0.3) is 0 Å². The molecule has 1 aromatic carbocycles. The minimum Gasteiger partial charge on any atom is -0.493 e. The van der Waals surface area contributed by atoms with E-state index >= 15 is 0 Å². The van der Waals surface area contributed by atoms with Crippen LogP contribution in [0.2, 0.25) is 0 Å². The molecular formula is C16H23NO5. The zero-order valence-electron chi connectivity index (χ0n) is 13.1. The molecule has 6 heteroatoms. The van der Waals surface area contributed by atoms with Gasteiger partial charge in [-0.2, -0.15) is 0 Å². The summed E-state index contributed by atoms with van der Waals surface area (Å²) in [5.74, 6) is 1.37. The molecule has 1 N–H and O–H groups in total. The average molecular weight is 309 g/mol. The number of hydrogen-bond donors (Lipinski definition) is 1. The Bertz CT molecular complexity index is 505. The lowest BCUT2D eigenvalue weighted by atomic mass is 10.1. The van der Waals surface area contributed by atoms with Crippen molar-refractivity contribution in [2.24, 2.45) is 0 Å². The number of benzene rings is 1. The Hall–Kier alpha value is -1.79. The largest absolute Gasteiger partial charge is 0.493 e. The van der Waals surface area contributed by atoms with Crippen molar-refractivity contribution in [2.75, 3.05) is 40.6 Å². The van der Waals surface area contributed by atoms with Crippen molar-refractivity contribution < 1.29 is 24.1 Å². The molecule has 1 heterocycles. The SMILES string of the molecule is COc1ccc(CCC(=O)N2CCOCC2CO)cc1OC. The van der Waals surface area contributed by atoms with E-state index in [2.05, 4.69) is 0 Å². The first-order valence-corrected chi connectivity index (χ1v) is 7.38. The number of rotatable bonds is 6. The predicted molar refractivity (Wildman–Crippen MR) is 81.3 cm³/mol. The maximum atomic E-state index is 12.3. The van der Waals surface area contributed by atoms with Gasteiger partial charge in [0.1, 0.15) is 0 Å². The second-order valence-electron chi connectivity index (χ2n) is 5.19. The zero-order valence-corrected chi connectivity index (χ0v) is 13.1. The molecule has 0 spiro atoms. The molecule has 0 aliphatic carbocycles. The summed E-state index contributed by atoms with van der Waals surface area (Å²) in [7, 11) is 3.18. The number of methoxy groups -OCH3 is 2. The normalized spacial score (nSPS) is 18.1. The van der Waals surface area contributed by atoms with Gasteiger partial charge in [0.15, 0.2) is 11.5 Å². The van der Waals surface area contributed by atoms with Crippen LogP contribution >= 0.6 is 0 Å². The van der Waals surface area contributed by atoms with Crippen LogP contribution in [0.15, 0.2) is 18.2 Å². The lowest BCUT2D eigenvalue weighted by molar-refractivity contribution is -0.141. The van der Waals surface area contributed by atoms with E-state index in [1.807, 2.05) is 18.2 Å². The third-order valence-corrected chi connectivity index (χ3v) is 3.83. The van der Waals surface area contributed by atoms with Crippen LogP contribution < -0.4 is 9.47 Å². The van der Waals surface area contributed by atoms with Crippen LogP contribution in [0.25, 0.3) is 0 Å². The third kappa shape index (κ3) is 3.90. The lowest BCUT2D eigenvalue weighted by Crippen LogP contribution is -2.50. The number of carbonyl (C=O) groups is 1. The number of nitrogens with zero attached hydrogens (tertiary/aromatic N) is 1. The number of amides is 1. The van der Waals surface area contributed by atoms with Crippen LogP contribution in [0.5, 0.6) is 11.5 Å². The van der Waals surface area contributed by atoms with E-state index < -0.39 is 0 Å². The Labute approximate surface area is 130 Å². The van der Waals surface area contributed by atoms with Crippen molar-refractivity contribution in [3.05, 3.63) is 23.8 Å². The summed E-state index contributed by atoms with van der Waals surface area (Å²) in [5.41, 5.74) is 1.01. The van der Waals surface area contributed by atoms with E-state index in [1.54, 1.807) is 19.1 Å². The highest BCUT2D eigenvalue weighted by Gasteiger charge is 2.26. The molecule has 1 unspecified atom stereocenters. The molecule has 6 nitrogen and oxygen atoms in total. The minimum atomic E-state index is -0.230. The Balaban J connectivity index is 1.95. The fourth-order valence-corrected chi connectivity index (χ4v) is 2.57. The Kier molecular flexibility index (Phi) is 6.03. The molecule has 1 aliphatic rings. The number of carbonyl (C=O) groups excluding carboxylic acids is 1. The number of aryl methyl sites for hydroxylation is 1. The van der Waals surface area contributed by atoms with E-state index in [0.29, 0.717) is 44.1 Å². The van der Waals surface area contributed by atoms with Crippen LogP contribution in [0.4, 0.5) is 0 Å². The monoisotopic (exact) mass is 309 g/mol. The second-order valence-corrected chi connectivity index (χ2v) is 5.19. The van der Waals surface area contributed by atoms with Crippen LogP contribution in [-0.2, 0) is 16.0 Å². The van der Waals surface area contributed by atoms with Gasteiger partial charge >= 0.3 is 0 Å². The maximum absolute atomic E-state index is 12.3. The van der Waals surface area contributed by atoms with Crippen molar-refractivity contribution in [2.45, 2.75) is 18.9 Å². The molecule has 2 rings (SSSR count). The molecule has 122 valence electrons. The van der Waals surface area contributed by atoms with Crippen molar-refractivity contribution in [3.8, 4) is 11.5 Å². The number of ether oxygens (including phenoxy) is 3. The summed E-state index contributed by atoms with van der Waals surface area (Å²) < 4.78 is 15.8. The Morgan fingerprint density at radius 3 is 2.82 bits per heavy atom. The summed E-state index contributed by atoms with van der Waals surface area (Å²) in [4.78, 5) is 14.0. The summed E-state index contributed by atoms with van der Waals surface area (Å²) in [5, 5.41) is 9.32. The third-order valence-electron chi connectivity index (χ3n) is 3.83. The lowest BCUT2D eigenvalue weighted by Gasteiger charge is -2.34. The van der Waals surface area contributed by atoms with Crippen LogP contribution in [0.1, 0.15) is 12.0 Å². The fourth-order valence-electron chi connectivity index (χ4n) is 2.57. The molecule has 0 bridgehead atoms. The van der Waals surface area contributed by atoms with Gasteiger partial charge in [0.2, 0.25) is 5.91 Å². The molecule has 22 heavy (non-hydrogen) atoms. The van der Waals surface area contributed by atoms with Crippen LogP contribution in [0, 0.1) is 0 Å². The molecule has 0 saturated carbocycles. The van der Waals surface area contributed by atoms with E-state index in [9.17, 15) is 9.90 Å². The Morgan fingerprint density at radius 1 is 1.36 bits per heavy atom. The molecule has 1 fully saturated rings. The second kappa shape index (κ2) is 8.00. The maximum Gasteiger partial charge on any atom is 0.223 e. The number of aliphatic hydroxyl groups excluding tert-OH is 1. The highest BCUT2D eigenvalue weighted by Crippen LogP contribution is 2.28. The molecule has 1 saturated heterocycles. The molecule has 0 radical (unpaired) electrons. The summed E-state index contributed by atoms with van der Waals surface area (Å²) in [6, 6.07) is 5.42. The standard InChI is InChI=1S/C16H23NO5/c1-20-14-5-3-12(9-15(14)21-2)4-6-16(19)17-7-8-22-11-13(17)10-18/h3,5,9,13,18H,4,6-8,10-11H2,1-2H3. The van der Waals surface area contributed by atoms with Crippen LogP contribution in [-0.4, -0.2) is 62.5 Å². The first-order valence-electron chi connectivity index (χ1n) is 7.38. The van der Waals surface area contributed by atoms with E-state index in [0.717, 1.165) is 5.56 Å². The summed E-state index contributed by atoms with van der Waals surface area (Å²) in [6.07, 6.45) is 1.01. The van der Waals surface area contributed by atoms with E-state index in [-0.39, 0.29) is 18.6 Å². The molecule has 1 atom stereocenters. The zero-order chi connectivity index (χ0) is 15.9. The van der Waals surface area contributed by atoms with Crippen molar-refractivity contribution in [3.63, 3.8) is 0 Å². The molecule has 0 aromatic heterocycles. The average Bonchev–Trinajstić information content (AvgIpc) is 2.59. The molecule has 1 amide bonds. The van der Waals surface area contributed by atoms with Gasteiger partial charge in [-0.3, -0.25) is 4.79 Å². The quantitative estimate of drug-likeness (QED) is 0.844. The topological polar surface area (TPSA) is 68.2 Å². The number of aliphatic hydroxyl groups is 1. The highest BCUT2D eigenvalue weighted by molar-refractivity contribution is 5.77. The smallest absolute Gasteiger partial charge is 0.223 e. The molecule has 1 aromatic rings. The molecular weight excluding hydrogens is 286 g/mol. The van der Waals surface area contributed by atoms with Gasteiger partial charge in [-0.25, -0.2) is 0 Å². The fraction of sp³-hybridized carbons (Fsp3) is 0.562. The predicted octanol–water partition coefficient (Wildman–Crippen LogP) is 0.856. The van der Waals surface area contributed by atoms with E-state index in [4.69, 9.17) is 14.2 Å². The van der Waals surface area contributed by atoms with Gasteiger partial charge in [-0.1, -0.05) is 6.07 Å². The van der Waals surface area contributed by atoms with Gasteiger partial charge in [-0.15, -0.1) is 0 Å². The summed E-state index contributed by atoms with van der Waals surface area (Å²) in [6.45, 7) is 1.40. The Morgan fingerprint density at radius 2 is 2.14 bits per heavy atom. The van der Waals surface area contributed by atoms with Crippen molar-refractivity contribution in [1.82, 2.24) is 4.90 Å². The van der Waals surface area contributed by atoms with Crippen molar-refractivity contribution in [1.29, 1.82) is 0 Å². The van der Waals surface area contributed by atoms with E-state index in [1.165, 1.54) is 0 Å². The van der Waals surface area contributed by atoms with Crippen LogP contribution in [0.3, 0.4) is 0 Å². The first kappa shape index (κ1) is 16.6.